The van der Waals surface area contributed by atoms with E-state index in [9.17, 15) is 4.79 Å². The fraction of sp³-hybridized carbons (Fsp3) is 0.900. The van der Waals surface area contributed by atoms with Gasteiger partial charge >= 0.3 is 0 Å². The normalized spacial score (nSPS) is 28.5. The molecule has 0 aromatic heterocycles. The predicted octanol–water partition coefficient (Wildman–Crippen LogP) is 1.67. The van der Waals surface area contributed by atoms with E-state index in [1.165, 1.54) is 32.2 Å². The molecule has 0 bridgehead atoms. The van der Waals surface area contributed by atoms with E-state index >= 15 is 0 Å². The summed E-state index contributed by atoms with van der Waals surface area (Å²) in [5.74, 6) is 2.26. The summed E-state index contributed by atoms with van der Waals surface area (Å²) in [4.78, 5) is 22.0. The van der Waals surface area contributed by atoms with Gasteiger partial charge < -0.3 is 20.4 Å². The smallest absolute Gasteiger partial charge is 0.225 e. The minimum atomic E-state index is 0.281. The van der Waals surface area contributed by atoms with Crippen molar-refractivity contribution in [1.29, 1.82) is 0 Å². The first-order chi connectivity index (χ1) is 12.7. The molecule has 2 saturated heterocycles. The second-order valence-electron chi connectivity index (χ2n) is 8.39. The number of carbonyl (C=O) groups excluding carboxylic acids is 1. The lowest BCUT2D eigenvalue weighted by Gasteiger charge is -2.26. The SMILES string of the molecule is CCNC(=NCC1CCN(C)C1)NC1CCN(C(=O)C2CCCCC2)C1. The standard InChI is InChI=1S/C20H37N5O/c1-3-21-20(22-13-16-9-11-24(2)14-16)23-18-10-12-25(15-18)19(26)17-7-5-4-6-8-17/h16-18H,3-15H2,1-2H3,(H2,21,22,23). The van der Waals surface area contributed by atoms with Gasteiger partial charge in [-0.2, -0.15) is 0 Å². The van der Waals surface area contributed by atoms with Crippen LogP contribution in [0.2, 0.25) is 0 Å². The molecule has 3 rings (SSSR count). The summed E-state index contributed by atoms with van der Waals surface area (Å²) in [5.41, 5.74) is 0. The van der Waals surface area contributed by atoms with Gasteiger partial charge in [0.05, 0.1) is 0 Å². The monoisotopic (exact) mass is 363 g/mol. The molecule has 3 aliphatic rings. The van der Waals surface area contributed by atoms with Gasteiger partial charge in [0.25, 0.3) is 0 Å². The summed E-state index contributed by atoms with van der Waals surface area (Å²) in [7, 11) is 2.18. The molecule has 2 atom stereocenters. The molecule has 2 heterocycles. The first kappa shape index (κ1) is 19.5. The van der Waals surface area contributed by atoms with Crippen LogP contribution in [-0.2, 0) is 4.79 Å². The topological polar surface area (TPSA) is 60.0 Å². The van der Waals surface area contributed by atoms with E-state index in [0.29, 0.717) is 17.9 Å². The number of amides is 1. The number of nitrogens with one attached hydrogen (secondary N) is 2. The van der Waals surface area contributed by atoms with Gasteiger partial charge in [-0.05, 0) is 52.1 Å². The number of hydrogen-bond donors (Lipinski definition) is 2. The summed E-state index contributed by atoms with van der Waals surface area (Å²) >= 11 is 0. The Bertz CT molecular complexity index is 489. The maximum absolute atomic E-state index is 12.7. The third-order valence-corrected chi connectivity index (χ3v) is 6.14. The lowest BCUT2D eigenvalue weighted by atomic mass is 9.88. The third-order valence-electron chi connectivity index (χ3n) is 6.14. The molecular weight excluding hydrogens is 326 g/mol. The molecule has 2 unspecified atom stereocenters. The van der Waals surface area contributed by atoms with Gasteiger partial charge in [-0.3, -0.25) is 9.79 Å². The van der Waals surface area contributed by atoms with E-state index in [2.05, 4.69) is 34.4 Å². The zero-order valence-corrected chi connectivity index (χ0v) is 16.7. The fourth-order valence-corrected chi connectivity index (χ4v) is 4.60. The molecule has 2 aliphatic heterocycles. The van der Waals surface area contributed by atoms with Crippen molar-refractivity contribution in [3.63, 3.8) is 0 Å². The molecule has 6 heteroatoms. The highest BCUT2D eigenvalue weighted by molar-refractivity contribution is 5.81. The lowest BCUT2D eigenvalue weighted by Crippen LogP contribution is -2.45. The van der Waals surface area contributed by atoms with E-state index in [1.54, 1.807) is 0 Å². The number of aliphatic imine (C=N–C) groups is 1. The summed E-state index contributed by atoms with van der Waals surface area (Å²) < 4.78 is 0. The first-order valence-electron chi connectivity index (χ1n) is 10.7. The Kier molecular flexibility index (Phi) is 7.17. The Balaban J connectivity index is 1.47. The Hall–Kier alpha value is -1.30. The average Bonchev–Trinajstić information content (AvgIpc) is 3.29. The van der Waals surface area contributed by atoms with Gasteiger partial charge in [0.15, 0.2) is 5.96 Å². The Morgan fingerprint density at radius 1 is 1.08 bits per heavy atom. The molecule has 0 aromatic rings. The average molecular weight is 364 g/mol. The van der Waals surface area contributed by atoms with Crippen LogP contribution in [0.15, 0.2) is 4.99 Å². The summed E-state index contributed by atoms with van der Waals surface area (Å²) in [6, 6.07) is 0.326. The molecule has 1 aliphatic carbocycles. The minimum Gasteiger partial charge on any atom is -0.357 e. The van der Waals surface area contributed by atoms with E-state index in [1.807, 2.05) is 0 Å². The molecule has 148 valence electrons. The van der Waals surface area contributed by atoms with Crippen LogP contribution in [0.3, 0.4) is 0 Å². The van der Waals surface area contributed by atoms with Gasteiger partial charge in [-0.25, -0.2) is 0 Å². The molecule has 0 radical (unpaired) electrons. The molecular formula is C20H37N5O. The molecule has 26 heavy (non-hydrogen) atoms. The van der Waals surface area contributed by atoms with Crippen molar-refractivity contribution < 1.29 is 4.79 Å². The molecule has 1 saturated carbocycles. The van der Waals surface area contributed by atoms with E-state index < -0.39 is 0 Å². The molecule has 6 nitrogen and oxygen atoms in total. The van der Waals surface area contributed by atoms with Gasteiger partial charge in [0, 0.05) is 44.7 Å². The van der Waals surface area contributed by atoms with E-state index in [4.69, 9.17) is 4.99 Å². The molecule has 3 fully saturated rings. The summed E-state index contributed by atoms with van der Waals surface area (Å²) in [5, 5.41) is 6.95. The van der Waals surface area contributed by atoms with Crippen molar-refractivity contribution in [2.24, 2.45) is 16.8 Å². The van der Waals surface area contributed by atoms with Crippen LogP contribution in [0.25, 0.3) is 0 Å². The van der Waals surface area contributed by atoms with E-state index in [-0.39, 0.29) is 5.92 Å². The number of nitrogens with zero attached hydrogens (tertiary/aromatic N) is 3. The van der Waals surface area contributed by atoms with Crippen LogP contribution >= 0.6 is 0 Å². The van der Waals surface area contributed by atoms with Crippen LogP contribution in [0, 0.1) is 11.8 Å². The van der Waals surface area contributed by atoms with Crippen molar-refractivity contribution in [2.45, 2.75) is 57.9 Å². The number of rotatable bonds is 5. The summed E-state index contributed by atoms with van der Waals surface area (Å²) in [6.07, 6.45) is 8.19. The van der Waals surface area contributed by atoms with Crippen molar-refractivity contribution in [2.75, 3.05) is 46.3 Å². The number of hydrogen-bond acceptors (Lipinski definition) is 3. The molecule has 2 N–H and O–H groups in total. The zero-order chi connectivity index (χ0) is 18.4. The van der Waals surface area contributed by atoms with Crippen molar-refractivity contribution in [3.8, 4) is 0 Å². The number of likely N-dealkylation sites (tertiary alicyclic amines) is 2. The number of carbonyl (C=O) groups is 1. The van der Waals surface area contributed by atoms with Crippen LogP contribution < -0.4 is 10.6 Å². The highest BCUT2D eigenvalue weighted by Gasteiger charge is 2.31. The summed E-state index contributed by atoms with van der Waals surface area (Å²) in [6.45, 7) is 7.91. The lowest BCUT2D eigenvalue weighted by molar-refractivity contribution is -0.135. The largest absolute Gasteiger partial charge is 0.357 e. The van der Waals surface area contributed by atoms with Crippen molar-refractivity contribution in [3.05, 3.63) is 0 Å². The van der Waals surface area contributed by atoms with Gasteiger partial charge in [-0.1, -0.05) is 19.3 Å². The van der Waals surface area contributed by atoms with Crippen molar-refractivity contribution in [1.82, 2.24) is 20.4 Å². The third kappa shape index (κ3) is 5.35. The van der Waals surface area contributed by atoms with Gasteiger partial charge in [-0.15, -0.1) is 0 Å². The van der Waals surface area contributed by atoms with Crippen LogP contribution in [0.5, 0.6) is 0 Å². The highest BCUT2D eigenvalue weighted by atomic mass is 16.2. The van der Waals surface area contributed by atoms with E-state index in [0.717, 1.165) is 57.9 Å². The Morgan fingerprint density at radius 2 is 1.88 bits per heavy atom. The quantitative estimate of drug-likeness (QED) is 0.576. The van der Waals surface area contributed by atoms with Crippen molar-refractivity contribution >= 4 is 11.9 Å². The second kappa shape index (κ2) is 9.58. The first-order valence-corrected chi connectivity index (χ1v) is 10.7. The Labute approximate surface area is 158 Å². The molecule has 0 aromatic carbocycles. The predicted molar refractivity (Wildman–Crippen MR) is 106 cm³/mol. The maximum atomic E-state index is 12.7. The van der Waals surface area contributed by atoms with Crippen LogP contribution in [0.4, 0.5) is 0 Å². The highest BCUT2D eigenvalue weighted by Crippen LogP contribution is 2.26. The van der Waals surface area contributed by atoms with Crippen LogP contribution in [0.1, 0.15) is 51.9 Å². The zero-order valence-electron chi connectivity index (χ0n) is 16.7. The second-order valence-corrected chi connectivity index (χ2v) is 8.39. The minimum absolute atomic E-state index is 0.281. The van der Waals surface area contributed by atoms with Crippen LogP contribution in [-0.4, -0.2) is 74.0 Å². The molecule has 0 spiro atoms. The van der Waals surface area contributed by atoms with Gasteiger partial charge in [0.2, 0.25) is 5.91 Å². The van der Waals surface area contributed by atoms with Gasteiger partial charge in [0.1, 0.15) is 0 Å². The fourth-order valence-electron chi connectivity index (χ4n) is 4.60. The molecule has 1 amide bonds. The Morgan fingerprint density at radius 3 is 2.58 bits per heavy atom. The number of guanidine groups is 1. The maximum Gasteiger partial charge on any atom is 0.225 e.